The van der Waals surface area contributed by atoms with Crippen LogP contribution < -0.4 is 10.3 Å². The SMILES string of the molecule is Cc1ccccc1OC(=O)c1nn(C)c(=O)c2ccccc12. The number of benzene rings is 2. The molecule has 0 fully saturated rings. The van der Waals surface area contributed by atoms with E-state index in [1.165, 1.54) is 7.05 Å². The third-order valence-electron chi connectivity index (χ3n) is 3.45. The number of para-hydroxylation sites is 1. The van der Waals surface area contributed by atoms with Crippen LogP contribution in [0.3, 0.4) is 0 Å². The van der Waals surface area contributed by atoms with Crippen molar-refractivity contribution in [2.45, 2.75) is 6.92 Å². The maximum absolute atomic E-state index is 12.4. The Morgan fingerprint density at radius 3 is 2.41 bits per heavy atom. The minimum absolute atomic E-state index is 0.126. The standard InChI is InChI=1S/C17H14N2O3/c1-11-7-3-6-10-14(11)22-17(21)15-12-8-4-5-9-13(12)16(20)19(2)18-15/h3-10H,1-2H3. The average Bonchev–Trinajstić information content (AvgIpc) is 2.53. The Morgan fingerprint density at radius 1 is 1.05 bits per heavy atom. The average molecular weight is 294 g/mol. The molecule has 0 aliphatic carbocycles. The molecule has 22 heavy (non-hydrogen) atoms. The van der Waals surface area contributed by atoms with Gasteiger partial charge in [0.15, 0.2) is 5.69 Å². The van der Waals surface area contributed by atoms with Gasteiger partial charge in [-0.05, 0) is 24.6 Å². The Labute approximate surface area is 126 Å². The number of nitrogens with zero attached hydrogens (tertiary/aromatic N) is 2. The lowest BCUT2D eigenvalue weighted by Gasteiger charge is -2.09. The quantitative estimate of drug-likeness (QED) is 0.538. The summed E-state index contributed by atoms with van der Waals surface area (Å²) in [4.78, 5) is 24.5. The molecular weight excluding hydrogens is 280 g/mol. The lowest BCUT2D eigenvalue weighted by atomic mass is 10.1. The third-order valence-corrected chi connectivity index (χ3v) is 3.45. The fraction of sp³-hybridized carbons (Fsp3) is 0.118. The number of ether oxygens (including phenoxy) is 1. The van der Waals surface area contributed by atoms with Crippen molar-refractivity contribution < 1.29 is 9.53 Å². The molecule has 1 aromatic heterocycles. The van der Waals surface area contributed by atoms with Gasteiger partial charge in [0.2, 0.25) is 0 Å². The first-order chi connectivity index (χ1) is 10.6. The maximum Gasteiger partial charge on any atom is 0.364 e. The number of fused-ring (bicyclic) bond motifs is 1. The minimum atomic E-state index is -0.582. The van der Waals surface area contributed by atoms with Gasteiger partial charge in [-0.15, -0.1) is 0 Å². The summed E-state index contributed by atoms with van der Waals surface area (Å²) in [7, 11) is 1.51. The molecule has 0 saturated carbocycles. The molecular formula is C17H14N2O3. The van der Waals surface area contributed by atoms with E-state index < -0.39 is 5.97 Å². The second-order valence-corrected chi connectivity index (χ2v) is 4.98. The van der Waals surface area contributed by atoms with E-state index in [-0.39, 0.29) is 11.3 Å². The van der Waals surface area contributed by atoms with Crippen molar-refractivity contribution in [1.29, 1.82) is 0 Å². The minimum Gasteiger partial charge on any atom is -0.421 e. The molecule has 0 amide bonds. The number of aromatic nitrogens is 2. The monoisotopic (exact) mass is 294 g/mol. The Hall–Kier alpha value is -2.95. The number of hydrogen-bond donors (Lipinski definition) is 0. The van der Waals surface area contributed by atoms with E-state index in [9.17, 15) is 9.59 Å². The van der Waals surface area contributed by atoms with Gasteiger partial charge in [0.1, 0.15) is 5.75 Å². The van der Waals surface area contributed by atoms with Gasteiger partial charge in [-0.2, -0.15) is 5.10 Å². The van der Waals surface area contributed by atoms with Gasteiger partial charge in [0, 0.05) is 12.4 Å². The van der Waals surface area contributed by atoms with Crippen LogP contribution in [-0.2, 0) is 7.05 Å². The molecule has 0 aliphatic rings. The highest BCUT2D eigenvalue weighted by Crippen LogP contribution is 2.19. The van der Waals surface area contributed by atoms with E-state index in [4.69, 9.17) is 4.74 Å². The van der Waals surface area contributed by atoms with Crippen molar-refractivity contribution in [3.63, 3.8) is 0 Å². The fourth-order valence-electron chi connectivity index (χ4n) is 2.27. The van der Waals surface area contributed by atoms with E-state index in [1.54, 1.807) is 36.4 Å². The fourth-order valence-corrected chi connectivity index (χ4v) is 2.27. The Morgan fingerprint density at radius 2 is 1.68 bits per heavy atom. The van der Waals surface area contributed by atoms with Crippen LogP contribution >= 0.6 is 0 Å². The number of aryl methyl sites for hydroxylation is 2. The second kappa shape index (κ2) is 5.44. The molecule has 5 heteroatoms. The van der Waals surface area contributed by atoms with Gasteiger partial charge in [-0.3, -0.25) is 4.79 Å². The number of carbonyl (C=O) groups excluding carboxylic acids is 1. The zero-order valence-corrected chi connectivity index (χ0v) is 12.2. The normalized spacial score (nSPS) is 10.6. The lowest BCUT2D eigenvalue weighted by Crippen LogP contribution is -2.24. The smallest absolute Gasteiger partial charge is 0.364 e. The van der Waals surface area contributed by atoms with Crippen LogP contribution in [0.5, 0.6) is 5.75 Å². The number of rotatable bonds is 2. The molecule has 3 rings (SSSR count). The van der Waals surface area contributed by atoms with Gasteiger partial charge in [0.25, 0.3) is 5.56 Å². The van der Waals surface area contributed by atoms with Crippen molar-refractivity contribution in [3.05, 3.63) is 70.1 Å². The van der Waals surface area contributed by atoms with Gasteiger partial charge in [-0.1, -0.05) is 36.4 Å². The zero-order chi connectivity index (χ0) is 15.7. The summed E-state index contributed by atoms with van der Waals surface area (Å²) < 4.78 is 6.57. The van der Waals surface area contributed by atoms with Gasteiger partial charge in [0.05, 0.1) is 5.39 Å². The van der Waals surface area contributed by atoms with Gasteiger partial charge in [-0.25, -0.2) is 9.48 Å². The van der Waals surface area contributed by atoms with Crippen molar-refractivity contribution >= 4 is 16.7 Å². The highest BCUT2D eigenvalue weighted by Gasteiger charge is 2.18. The topological polar surface area (TPSA) is 61.2 Å². The molecule has 110 valence electrons. The third kappa shape index (κ3) is 2.37. The highest BCUT2D eigenvalue weighted by atomic mass is 16.5. The first-order valence-corrected chi connectivity index (χ1v) is 6.82. The van der Waals surface area contributed by atoms with Gasteiger partial charge >= 0.3 is 5.97 Å². The molecule has 0 bridgehead atoms. The molecule has 0 unspecified atom stereocenters. The van der Waals surface area contributed by atoms with E-state index in [0.29, 0.717) is 16.5 Å². The summed E-state index contributed by atoms with van der Waals surface area (Å²) in [5.74, 6) is -0.103. The molecule has 0 aliphatic heterocycles. The van der Waals surface area contributed by atoms with Crippen LogP contribution in [0.2, 0.25) is 0 Å². The van der Waals surface area contributed by atoms with E-state index in [1.807, 2.05) is 19.1 Å². The molecule has 0 atom stereocenters. The van der Waals surface area contributed by atoms with E-state index >= 15 is 0 Å². The molecule has 0 N–H and O–H groups in total. The van der Waals surface area contributed by atoms with Crippen LogP contribution in [0.25, 0.3) is 10.8 Å². The first-order valence-electron chi connectivity index (χ1n) is 6.82. The lowest BCUT2D eigenvalue weighted by molar-refractivity contribution is 0.0727. The summed E-state index contributed by atoms with van der Waals surface area (Å²) in [6, 6.07) is 14.1. The molecule has 5 nitrogen and oxygen atoms in total. The summed E-state index contributed by atoms with van der Waals surface area (Å²) in [6.45, 7) is 1.86. The van der Waals surface area contributed by atoms with Crippen LogP contribution in [0.1, 0.15) is 16.1 Å². The number of hydrogen-bond acceptors (Lipinski definition) is 4. The zero-order valence-electron chi connectivity index (χ0n) is 12.2. The summed E-state index contributed by atoms with van der Waals surface area (Å²) in [5.41, 5.74) is 0.731. The largest absolute Gasteiger partial charge is 0.421 e. The van der Waals surface area contributed by atoms with E-state index in [0.717, 1.165) is 10.2 Å². The summed E-state index contributed by atoms with van der Waals surface area (Å²) in [5, 5.41) is 4.99. The Balaban J connectivity index is 2.11. The predicted octanol–water partition coefficient (Wildman–Crippen LogP) is 2.46. The van der Waals surface area contributed by atoms with Crippen molar-refractivity contribution in [1.82, 2.24) is 9.78 Å². The van der Waals surface area contributed by atoms with Crippen LogP contribution in [-0.4, -0.2) is 15.7 Å². The summed E-state index contributed by atoms with van der Waals surface area (Å²) >= 11 is 0. The van der Waals surface area contributed by atoms with E-state index in [2.05, 4.69) is 5.10 Å². The second-order valence-electron chi connectivity index (χ2n) is 4.98. The Bertz CT molecular complexity index is 929. The number of esters is 1. The highest BCUT2D eigenvalue weighted by molar-refractivity contribution is 6.02. The molecule has 1 heterocycles. The van der Waals surface area contributed by atoms with Gasteiger partial charge < -0.3 is 4.74 Å². The van der Waals surface area contributed by atoms with Crippen molar-refractivity contribution in [2.24, 2.45) is 7.05 Å². The molecule has 0 radical (unpaired) electrons. The first kappa shape index (κ1) is 14.0. The Kier molecular flexibility index (Phi) is 3.47. The van der Waals surface area contributed by atoms with Crippen molar-refractivity contribution in [2.75, 3.05) is 0 Å². The van der Waals surface area contributed by atoms with Crippen LogP contribution in [0.15, 0.2) is 53.3 Å². The van der Waals surface area contributed by atoms with Crippen molar-refractivity contribution in [3.8, 4) is 5.75 Å². The predicted molar refractivity (Wildman–Crippen MR) is 83.1 cm³/mol. The molecule has 2 aromatic carbocycles. The maximum atomic E-state index is 12.4. The van der Waals surface area contributed by atoms with Crippen LogP contribution in [0.4, 0.5) is 0 Å². The molecule has 0 saturated heterocycles. The number of carbonyl (C=O) groups is 1. The summed E-state index contributed by atoms with van der Waals surface area (Å²) in [6.07, 6.45) is 0. The molecule has 0 spiro atoms. The van der Waals surface area contributed by atoms with Crippen LogP contribution in [0, 0.1) is 6.92 Å². The molecule has 3 aromatic rings.